The summed E-state index contributed by atoms with van der Waals surface area (Å²) in [5.41, 5.74) is 1.47. The van der Waals surface area contributed by atoms with Crippen molar-refractivity contribution in [2.24, 2.45) is 0 Å². The molecule has 2 nitrogen and oxygen atoms in total. The van der Waals surface area contributed by atoms with Crippen molar-refractivity contribution in [2.45, 2.75) is 11.8 Å². The number of benzene rings is 4. The minimum Gasteiger partial charge on any atom is -0.294 e. The molecule has 0 fully saturated rings. The summed E-state index contributed by atoms with van der Waals surface area (Å²) in [4.78, 5) is 27.6. The lowest BCUT2D eigenvalue weighted by Gasteiger charge is -2.33. The van der Waals surface area contributed by atoms with Crippen LogP contribution in [-0.2, 0) is 5.41 Å². The molecule has 4 rings (SSSR count). The molecule has 0 radical (unpaired) electrons. The predicted molar refractivity (Wildman–Crippen MR) is 125 cm³/mol. The van der Waals surface area contributed by atoms with Gasteiger partial charge in [0.15, 0.2) is 11.6 Å². The lowest BCUT2D eigenvalue weighted by molar-refractivity contribution is 0.0843. The molecule has 1 unspecified atom stereocenters. The second kappa shape index (κ2) is 9.11. The minimum absolute atomic E-state index is 0.0103. The summed E-state index contributed by atoms with van der Waals surface area (Å²) in [5, 5.41) is 0.576. The summed E-state index contributed by atoms with van der Waals surface area (Å²) < 4.78 is 0. The summed E-state index contributed by atoms with van der Waals surface area (Å²) in [5.74, 6) is -0.213. The molecular formula is C28H21ClO2. The molecule has 0 amide bonds. The van der Waals surface area contributed by atoms with Crippen molar-refractivity contribution in [1.29, 1.82) is 0 Å². The van der Waals surface area contributed by atoms with Gasteiger partial charge in [-0.1, -0.05) is 115 Å². The fraction of sp³-hybridized carbons (Fsp3) is 0.0714. The fourth-order valence-corrected chi connectivity index (χ4v) is 4.10. The fourth-order valence-electron chi connectivity index (χ4n) is 3.97. The van der Waals surface area contributed by atoms with Crippen molar-refractivity contribution in [2.75, 3.05) is 0 Å². The summed E-state index contributed by atoms with van der Waals surface area (Å²) in [6, 6.07) is 35.0. The van der Waals surface area contributed by atoms with Crippen molar-refractivity contribution in [3.05, 3.63) is 143 Å². The highest BCUT2D eigenvalue weighted by atomic mass is 35.5. The van der Waals surface area contributed by atoms with Gasteiger partial charge < -0.3 is 0 Å². The van der Waals surface area contributed by atoms with E-state index in [2.05, 4.69) is 0 Å². The topological polar surface area (TPSA) is 34.1 Å². The molecule has 0 aliphatic rings. The molecule has 31 heavy (non-hydrogen) atoms. The maximum Gasteiger partial charge on any atom is 0.178 e. The molecule has 0 heterocycles. The summed E-state index contributed by atoms with van der Waals surface area (Å²) in [6.45, 7) is 0. The summed E-state index contributed by atoms with van der Waals surface area (Å²) >= 11 is 6.15. The molecule has 1 atom stereocenters. The molecule has 0 N–H and O–H groups in total. The number of Topliss-reactive ketones (excluding diaryl/α,β-unsaturated/α-hetero) is 2. The highest BCUT2D eigenvalue weighted by Gasteiger charge is 2.44. The predicted octanol–water partition coefficient (Wildman–Crippen LogP) is 6.78. The van der Waals surface area contributed by atoms with Crippen molar-refractivity contribution >= 4 is 23.2 Å². The Bertz CT molecular complexity index is 1170. The standard InChI is InChI=1S/C28H21ClO2/c29-25-18-16-24(17-19-25)28(23-14-8-3-9-15-23,27(31)22-12-6-2-7-13-22)20-26(30)21-10-4-1-5-11-21/h1-19H,20H2. The number of carbonyl (C=O) groups is 2. The number of hydrogen-bond acceptors (Lipinski definition) is 2. The number of ketones is 2. The van der Waals surface area contributed by atoms with Gasteiger partial charge in [0, 0.05) is 22.6 Å². The van der Waals surface area contributed by atoms with Gasteiger partial charge in [0.05, 0.1) is 5.41 Å². The van der Waals surface area contributed by atoms with Crippen LogP contribution < -0.4 is 0 Å². The molecular weight excluding hydrogens is 404 g/mol. The van der Waals surface area contributed by atoms with Crippen LogP contribution in [0.2, 0.25) is 5.02 Å². The Morgan fingerprint density at radius 3 is 1.58 bits per heavy atom. The molecule has 0 saturated heterocycles. The van der Waals surface area contributed by atoms with Crippen LogP contribution in [0.15, 0.2) is 115 Å². The number of rotatable bonds is 7. The van der Waals surface area contributed by atoms with Crippen molar-refractivity contribution < 1.29 is 9.59 Å². The molecule has 0 aliphatic carbocycles. The van der Waals surface area contributed by atoms with E-state index in [0.717, 1.165) is 11.1 Å². The highest BCUT2D eigenvalue weighted by Crippen LogP contribution is 2.40. The lowest BCUT2D eigenvalue weighted by Crippen LogP contribution is -2.39. The van der Waals surface area contributed by atoms with Crippen LogP contribution in [0.5, 0.6) is 0 Å². The SMILES string of the molecule is O=C(CC(C(=O)c1ccccc1)(c1ccccc1)c1ccc(Cl)cc1)c1ccccc1. The zero-order valence-electron chi connectivity index (χ0n) is 16.9. The van der Waals surface area contributed by atoms with Gasteiger partial charge in [-0.05, 0) is 23.3 Å². The van der Waals surface area contributed by atoms with Crippen LogP contribution in [-0.4, -0.2) is 11.6 Å². The first-order chi connectivity index (χ1) is 15.1. The van der Waals surface area contributed by atoms with E-state index in [-0.39, 0.29) is 18.0 Å². The number of carbonyl (C=O) groups excluding carboxylic acids is 2. The molecule has 4 aromatic carbocycles. The Hall–Kier alpha value is -3.49. The molecule has 0 aromatic heterocycles. The van der Waals surface area contributed by atoms with E-state index in [4.69, 9.17) is 11.6 Å². The second-order valence-corrected chi connectivity index (χ2v) is 7.88. The third-order valence-electron chi connectivity index (χ3n) is 5.55. The van der Waals surface area contributed by atoms with Gasteiger partial charge in [0.2, 0.25) is 0 Å². The molecule has 0 spiro atoms. The van der Waals surface area contributed by atoms with Gasteiger partial charge in [-0.25, -0.2) is 0 Å². The lowest BCUT2D eigenvalue weighted by atomic mass is 9.66. The average molecular weight is 425 g/mol. The van der Waals surface area contributed by atoms with Crippen LogP contribution in [0.25, 0.3) is 0 Å². The normalized spacial score (nSPS) is 12.7. The Morgan fingerprint density at radius 2 is 1.03 bits per heavy atom. The third kappa shape index (κ3) is 4.21. The molecule has 0 saturated carbocycles. The van der Waals surface area contributed by atoms with E-state index < -0.39 is 5.41 Å². The van der Waals surface area contributed by atoms with Crippen LogP contribution >= 0.6 is 11.6 Å². The quantitative estimate of drug-likeness (QED) is 0.306. The monoisotopic (exact) mass is 424 g/mol. The van der Waals surface area contributed by atoms with Gasteiger partial charge >= 0.3 is 0 Å². The Balaban J connectivity index is 1.95. The maximum absolute atomic E-state index is 14.1. The van der Waals surface area contributed by atoms with Gasteiger partial charge in [-0.3, -0.25) is 9.59 Å². The van der Waals surface area contributed by atoms with E-state index >= 15 is 0 Å². The zero-order chi connectivity index (χ0) is 21.7. The Morgan fingerprint density at radius 1 is 0.581 bits per heavy atom. The van der Waals surface area contributed by atoms with Gasteiger partial charge in [-0.15, -0.1) is 0 Å². The Labute approximate surface area is 187 Å². The van der Waals surface area contributed by atoms with Crippen molar-refractivity contribution in [1.82, 2.24) is 0 Å². The van der Waals surface area contributed by atoms with Gasteiger partial charge in [0.25, 0.3) is 0 Å². The first-order valence-corrected chi connectivity index (χ1v) is 10.5. The molecule has 152 valence electrons. The first-order valence-electron chi connectivity index (χ1n) is 10.1. The molecule has 3 heteroatoms. The smallest absolute Gasteiger partial charge is 0.178 e. The average Bonchev–Trinajstić information content (AvgIpc) is 2.84. The largest absolute Gasteiger partial charge is 0.294 e. The van der Waals surface area contributed by atoms with Crippen molar-refractivity contribution in [3.63, 3.8) is 0 Å². The second-order valence-electron chi connectivity index (χ2n) is 7.44. The molecule has 0 bridgehead atoms. The highest BCUT2D eigenvalue weighted by molar-refractivity contribution is 6.30. The Kier molecular flexibility index (Phi) is 6.11. The third-order valence-corrected chi connectivity index (χ3v) is 5.80. The van der Waals surface area contributed by atoms with Crippen molar-refractivity contribution in [3.8, 4) is 0 Å². The van der Waals surface area contributed by atoms with Crippen LogP contribution in [0, 0.1) is 0 Å². The molecule has 0 aliphatic heterocycles. The van der Waals surface area contributed by atoms with Gasteiger partial charge in [-0.2, -0.15) is 0 Å². The van der Waals surface area contributed by atoms with Crippen LogP contribution in [0.4, 0.5) is 0 Å². The molecule has 4 aromatic rings. The van der Waals surface area contributed by atoms with E-state index in [9.17, 15) is 9.59 Å². The van der Waals surface area contributed by atoms with E-state index in [1.54, 1.807) is 36.4 Å². The first kappa shape index (κ1) is 20.8. The van der Waals surface area contributed by atoms with E-state index in [1.807, 2.05) is 78.9 Å². The van der Waals surface area contributed by atoms with E-state index in [0.29, 0.717) is 16.1 Å². The number of hydrogen-bond donors (Lipinski definition) is 0. The summed E-state index contributed by atoms with van der Waals surface area (Å²) in [7, 11) is 0. The zero-order valence-corrected chi connectivity index (χ0v) is 17.6. The summed E-state index contributed by atoms with van der Waals surface area (Å²) in [6.07, 6.45) is 0.0103. The number of halogens is 1. The van der Waals surface area contributed by atoms with Crippen LogP contribution in [0.3, 0.4) is 0 Å². The van der Waals surface area contributed by atoms with E-state index in [1.165, 1.54) is 0 Å². The van der Waals surface area contributed by atoms with Gasteiger partial charge in [0.1, 0.15) is 0 Å². The minimum atomic E-state index is -1.18. The van der Waals surface area contributed by atoms with Crippen LogP contribution in [0.1, 0.15) is 38.3 Å². The maximum atomic E-state index is 14.1.